The van der Waals surface area contributed by atoms with E-state index in [-0.39, 0.29) is 0 Å². The predicted octanol–water partition coefficient (Wildman–Crippen LogP) is 4.90. The van der Waals surface area contributed by atoms with Crippen molar-refractivity contribution >= 4 is 0 Å². The van der Waals surface area contributed by atoms with E-state index in [2.05, 4.69) is 51.3 Å². The maximum atomic E-state index is 3.59. The molecule has 1 aromatic carbocycles. The van der Waals surface area contributed by atoms with Gasteiger partial charge in [0.25, 0.3) is 0 Å². The van der Waals surface area contributed by atoms with Gasteiger partial charge in [-0.1, -0.05) is 51.8 Å². The molecule has 20 heavy (non-hydrogen) atoms. The zero-order valence-corrected chi connectivity index (χ0v) is 13.7. The number of rotatable bonds is 5. The molecule has 1 fully saturated rings. The summed E-state index contributed by atoms with van der Waals surface area (Å²) in [6.45, 7) is 6.93. The van der Waals surface area contributed by atoms with Gasteiger partial charge in [0.1, 0.15) is 0 Å². The van der Waals surface area contributed by atoms with E-state index in [4.69, 9.17) is 0 Å². The first-order valence-electron chi connectivity index (χ1n) is 8.48. The van der Waals surface area contributed by atoms with Crippen LogP contribution < -0.4 is 5.32 Å². The second kappa shape index (κ2) is 7.26. The normalized spacial score (nSPS) is 24.6. The van der Waals surface area contributed by atoms with Crippen LogP contribution >= 0.6 is 0 Å². The monoisotopic (exact) mass is 273 g/mol. The molecule has 1 aliphatic rings. The standard InChI is InChI=1S/C19H31N/c1-5-15-11-12-18(13-16(15)6-2)19(20-4)17-9-7-14(3)8-10-17/h11-14,17,19-20H,5-10H2,1-4H3. The highest BCUT2D eigenvalue weighted by Crippen LogP contribution is 2.37. The van der Waals surface area contributed by atoms with Crippen molar-refractivity contribution in [2.45, 2.75) is 65.3 Å². The summed E-state index contributed by atoms with van der Waals surface area (Å²) in [5.41, 5.74) is 4.55. The molecule has 0 bridgehead atoms. The Morgan fingerprint density at radius 3 is 2.25 bits per heavy atom. The Balaban J connectivity index is 2.18. The second-order valence-electron chi connectivity index (χ2n) is 6.52. The molecule has 1 atom stereocenters. The van der Waals surface area contributed by atoms with Crippen molar-refractivity contribution in [1.82, 2.24) is 5.32 Å². The number of benzene rings is 1. The van der Waals surface area contributed by atoms with Crippen molar-refractivity contribution in [2.24, 2.45) is 11.8 Å². The lowest BCUT2D eigenvalue weighted by atomic mass is 9.77. The predicted molar refractivity (Wildman–Crippen MR) is 88.1 cm³/mol. The molecule has 0 amide bonds. The van der Waals surface area contributed by atoms with E-state index in [9.17, 15) is 0 Å². The lowest BCUT2D eigenvalue weighted by Crippen LogP contribution is -2.28. The third kappa shape index (κ3) is 3.44. The van der Waals surface area contributed by atoms with Crippen LogP contribution in [0.1, 0.15) is 69.2 Å². The quantitative estimate of drug-likeness (QED) is 0.804. The van der Waals surface area contributed by atoms with Gasteiger partial charge in [0.2, 0.25) is 0 Å². The Morgan fingerprint density at radius 1 is 1.05 bits per heavy atom. The average Bonchev–Trinajstić information content (AvgIpc) is 2.49. The summed E-state index contributed by atoms with van der Waals surface area (Å²) in [6, 6.07) is 7.71. The minimum Gasteiger partial charge on any atom is -0.313 e. The molecule has 1 nitrogen and oxygen atoms in total. The lowest BCUT2D eigenvalue weighted by Gasteiger charge is -2.33. The molecular formula is C19H31N. The van der Waals surface area contributed by atoms with E-state index in [0.29, 0.717) is 6.04 Å². The highest BCUT2D eigenvalue weighted by atomic mass is 14.9. The molecule has 1 unspecified atom stereocenters. The Kier molecular flexibility index (Phi) is 5.65. The van der Waals surface area contributed by atoms with Gasteiger partial charge in [-0.2, -0.15) is 0 Å². The highest BCUT2D eigenvalue weighted by molar-refractivity contribution is 5.34. The van der Waals surface area contributed by atoms with Crippen molar-refractivity contribution in [3.8, 4) is 0 Å². The van der Waals surface area contributed by atoms with E-state index < -0.39 is 0 Å². The Labute approximate surface area is 125 Å². The van der Waals surface area contributed by atoms with Gasteiger partial charge in [0.15, 0.2) is 0 Å². The summed E-state index contributed by atoms with van der Waals surface area (Å²) >= 11 is 0. The molecule has 0 aliphatic heterocycles. The zero-order chi connectivity index (χ0) is 14.5. The third-order valence-corrected chi connectivity index (χ3v) is 5.19. The van der Waals surface area contributed by atoms with Gasteiger partial charge < -0.3 is 5.32 Å². The minimum atomic E-state index is 0.540. The zero-order valence-electron chi connectivity index (χ0n) is 13.7. The van der Waals surface area contributed by atoms with Crippen LogP contribution in [0, 0.1) is 11.8 Å². The molecule has 0 spiro atoms. The molecule has 1 aliphatic carbocycles. The van der Waals surface area contributed by atoms with Crippen molar-refractivity contribution in [2.75, 3.05) is 7.05 Å². The lowest BCUT2D eigenvalue weighted by molar-refractivity contribution is 0.238. The van der Waals surface area contributed by atoms with Crippen LogP contribution in [-0.2, 0) is 12.8 Å². The van der Waals surface area contributed by atoms with Gasteiger partial charge in [-0.3, -0.25) is 0 Å². The van der Waals surface area contributed by atoms with Gasteiger partial charge in [-0.25, -0.2) is 0 Å². The molecule has 0 saturated heterocycles. The maximum absolute atomic E-state index is 3.59. The minimum absolute atomic E-state index is 0.540. The summed E-state index contributed by atoms with van der Waals surface area (Å²) in [6.07, 6.45) is 7.85. The summed E-state index contributed by atoms with van der Waals surface area (Å²) in [5, 5.41) is 3.59. The van der Waals surface area contributed by atoms with Crippen molar-refractivity contribution in [3.63, 3.8) is 0 Å². The van der Waals surface area contributed by atoms with E-state index in [1.807, 2.05) is 0 Å². The summed E-state index contributed by atoms with van der Waals surface area (Å²) in [4.78, 5) is 0. The van der Waals surface area contributed by atoms with E-state index in [0.717, 1.165) is 24.7 Å². The van der Waals surface area contributed by atoms with Crippen LogP contribution in [0.2, 0.25) is 0 Å². The first kappa shape index (κ1) is 15.6. The van der Waals surface area contributed by atoms with Crippen molar-refractivity contribution in [3.05, 3.63) is 34.9 Å². The number of hydrogen-bond donors (Lipinski definition) is 1. The van der Waals surface area contributed by atoms with Gasteiger partial charge in [-0.15, -0.1) is 0 Å². The van der Waals surface area contributed by atoms with E-state index in [1.54, 1.807) is 0 Å². The summed E-state index contributed by atoms with van der Waals surface area (Å²) < 4.78 is 0. The highest BCUT2D eigenvalue weighted by Gasteiger charge is 2.26. The number of hydrogen-bond acceptors (Lipinski definition) is 1. The number of nitrogens with one attached hydrogen (secondary N) is 1. The smallest absolute Gasteiger partial charge is 0.0346 e. The van der Waals surface area contributed by atoms with Crippen LogP contribution in [0.5, 0.6) is 0 Å². The Morgan fingerprint density at radius 2 is 1.70 bits per heavy atom. The molecule has 0 heterocycles. The molecule has 1 heteroatoms. The third-order valence-electron chi connectivity index (χ3n) is 5.19. The van der Waals surface area contributed by atoms with Crippen LogP contribution in [0.25, 0.3) is 0 Å². The van der Waals surface area contributed by atoms with Gasteiger partial charge in [0.05, 0.1) is 0 Å². The van der Waals surface area contributed by atoms with Crippen LogP contribution in [0.3, 0.4) is 0 Å². The van der Waals surface area contributed by atoms with E-state index in [1.165, 1.54) is 42.4 Å². The fourth-order valence-corrected chi connectivity index (χ4v) is 3.81. The Hall–Kier alpha value is -0.820. The topological polar surface area (TPSA) is 12.0 Å². The van der Waals surface area contributed by atoms with Gasteiger partial charge in [0, 0.05) is 6.04 Å². The molecule has 1 N–H and O–H groups in total. The second-order valence-corrected chi connectivity index (χ2v) is 6.52. The molecule has 2 rings (SSSR count). The molecule has 112 valence electrons. The van der Waals surface area contributed by atoms with Crippen LogP contribution in [0.15, 0.2) is 18.2 Å². The molecule has 0 radical (unpaired) electrons. The van der Waals surface area contributed by atoms with Gasteiger partial charge in [-0.05, 0) is 61.3 Å². The summed E-state index contributed by atoms with van der Waals surface area (Å²) in [5.74, 6) is 1.74. The first-order chi connectivity index (χ1) is 9.69. The van der Waals surface area contributed by atoms with Crippen LogP contribution in [0.4, 0.5) is 0 Å². The van der Waals surface area contributed by atoms with E-state index >= 15 is 0 Å². The maximum Gasteiger partial charge on any atom is 0.0346 e. The Bertz CT molecular complexity index is 416. The van der Waals surface area contributed by atoms with Crippen molar-refractivity contribution < 1.29 is 0 Å². The summed E-state index contributed by atoms with van der Waals surface area (Å²) in [7, 11) is 2.13. The van der Waals surface area contributed by atoms with Gasteiger partial charge >= 0.3 is 0 Å². The average molecular weight is 273 g/mol. The largest absolute Gasteiger partial charge is 0.313 e. The number of aryl methyl sites for hydroxylation is 2. The first-order valence-corrected chi connectivity index (χ1v) is 8.48. The fraction of sp³-hybridized carbons (Fsp3) is 0.684. The molecular weight excluding hydrogens is 242 g/mol. The molecule has 1 saturated carbocycles. The molecule has 0 aromatic heterocycles. The van der Waals surface area contributed by atoms with Crippen LogP contribution in [-0.4, -0.2) is 7.05 Å². The van der Waals surface area contributed by atoms with Crippen molar-refractivity contribution in [1.29, 1.82) is 0 Å². The molecule has 1 aromatic rings. The fourth-order valence-electron chi connectivity index (χ4n) is 3.81. The SMILES string of the molecule is CCc1ccc(C(NC)C2CCC(C)CC2)cc1CC.